The molecule has 1 unspecified atom stereocenters. The van der Waals surface area contributed by atoms with Gasteiger partial charge >= 0.3 is 0 Å². The standard InChI is InChI=1S/C23H22N2O4/c1-15(18-8-7-17-5-3-4-6-20(17)11-18)24-23(26)13-29-25-16(2)19-9-10-21-22(12-19)28-14-27-21/h3-12,15H,13-14H2,1-2H3,(H,24,26). The Balaban J connectivity index is 1.32. The highest BCUT2D eigenvalue weighted by Crippen LogP contribution is 2.32. The first kappa shape index (κ1) is 18.8. The minimum atomic E-state index is -0.229. The number of oxime groups is 1. The van der Waals surface area contributed by atoms with Gasteiger partial charge in [-0.25, -0.2) is 0 Å². The molecule has 3 aromatic rings. The molecular formula is C23H22N2O4. The highest BCUT2D eigenvalue weighted by molar-refractivity contribution is 5.99. The fourth-order valence-electron chi connectivity index (χ4n) is 3.21. The van der Waals surface area contributed by atoms with Crippen LogP contribution in [0.1, 0.15) is 31.0 Å². The highest BCUT2D eigenvalue weighted by atomic mass is 16.7. The molecule has 0 aromatic heterocycles. The Hall–Kier alpha value is -3.54. The van der Waals surface area contributed by atoms with Crippen LogP contribution in [0.4, 0.5) is 0 Å². The van der Waals surface area contributed by atoms with Gasteiger partial charge in [0.2, 0.25) is 6.79 Å². The third-order valence-electron chi connectivity index (χ3n) is 4.84. The average Bonchev–Trinajstić information content (AvgIpc) is 3.21. The van der Waals surface area contributed by atoms with Gasteiger partial charge in [0.25, 0.3) is 5.91 Å². The molecule has 0 fully saturated rings. The van der Waals surface area contributed by atoms with Gasteiger partial charge < -0.3 is 19.6 Å². The molecule has 1 N–H and O–H groups in total. The van der Waals surface area contributed by atoms with Crippen molar-refractivity contribution in [1.82, 2.24) is 5.32 Å². The molecule has 4 rings (SSSR count). The van der Waals surface area contributed by atoms with Gasteiger partial charge in [-0.15, -0.1) is 0 Å². The maximum absolute atomic E-state index is 12.2. The molecule has 1 aliphatic heterocycles. The summed E-state index contributed by atoms with van der Waals surface area (Å²) in [5.74, 6) is 1.16. The molecule has 148 valence electrons. The first-order chi connectivity index (χ1) is 14.1. The van der Waals surface area contributed by atoms with E-state index in [1.54, 1.807) is 0 Å². The van der Waals surface area contributed by atoms with E-state index in [4.69, 9.17) is 14.3 Å². The van der Waals surface area contributed by atoms with Crippen LogP contribution < -0.4 is 14.8 Å². The molecule has 1 amide bonds. The summed E-state index contributed by atoms with van der Waals surface area (Å²) in [6.07, 6.45) is 0. The van der Waals surface area contributed by atoms with Gasteiger partial charge in [-0.3, -0.25) is 4.79 Å². The Labute approximate surface area is 169 Å². The normalized spacial score (nSPS) is 13.9. The van der Waals surface area contributed by atoms with E-state index in [0.29, 0.717) is 17.2 Å². The van der Waals surface area contributed by atoms with Gasteiger partial charge in [0, 0.05) is 5.56 Å². The minimum Gasteiger partial charge on any atom is -0.454 e. The van der Waals surface area contributed by atoms with Crippen LogP contribution in [0.3, 0.4) is 0 Å². The van der Waals surface area contributed by atoms with Gasteiger partial charge in [-0.05, 0) is 54.4 Å². The SMILES string of the molecule is CC(=NOCC(=O)NC(C)c1ccc2ccccc2c1)c1ccc2c(c1)OCO2. The molecule has 1 atom stereocenters. The lowest BCUT2D eigenvalue weighted by Gasteiger charge is -2.14. The largest absolute Gasteiger partial charge is 0.454 e. The van der Waals surface area contributed by atoms with E-state index in [2.05, 4.69) is 34.7 Å². The fraction of sp³-hybridized carbons (Fsp3) is 0.217. The Morgan fingerprint density at radius 1 is 1.07 bits per heavy atom. The van der Waals surface area contributed by atoms with Gasteiger partial charge in [-0.1, -0.05) is 41.6 Å². The number of ether oxygens (including phenoxy) is 2. The first-order valence-electron chi connectivity index (χ1n) is 9.45. The van der Waals surface area contributed by atoms with Crippen molar-refractivity contribution in [3.63, 3.8) is 0 Å². The zero-order chi connectivity index (χ0) is 20.2. The number of nitrogens with one attached hydrogen (secondary N) is 1. The van der Waals surface area contributed by atoms with E-state index in [1.807, 2.05) is 50.2 Å². The molecule has 0 saturated carbocycles. The molecule has 0 aliphatic carbocycles. The molecule has 1 aliphatic rings. The van der Waals surface area contributed by atoms with Gasteiger partial charge in [-0.2, -0.15) is 0 Å². The van der Waals surface area contributed by atoms with Crippen molar-refractivity contribution in [2.45, 2.75) is 19.9 Å². The second kappa shape index (κ2) is 8.22. The van der Waals surface area contributed by atoms with Crippen molar-refractivity contribution in [2.24, 2.45) is 5.16 Å². The number of nitrogens with zero attached hydrogens (tertiary/aromatic N) is 1. The lowest BCUT2D eigenvalue weighted by atomic mass is 10.0. The van der Waals surface area contributed by atoms with Crippen molar-refractivity contribution < 1.29 is 19.1 Å². The van der Waals surface area contributed by atoms with Crippen LogP contribution in [0.25, 0.3) is 10.8 Å². The van der Waals surface area contributed by atoms with E-state index in [-0.39, 0.29) is 25.3 Å². The lowest BCUT2D eigenvalue weighted by Crippen LogP contribution is -2.29. The number of hydrogen-bond acceptors (Lipinski definition) is 5. The molecule has 0 radical (unpaired) electrons. The Morgan fingerprint density at radius 2 is 1.86 bits per heavy atom. The van der Waals surface area contributed by atoms with Crippen LogP contribution in [-0.2, 0) is 9.63 Å². The van der Waals surface area contributed by atoms with Crippen molar-refractivity contribution >= 4 is 22.4 Å². The van der Waals surface area contributed by atoms with Crippen molar-refractivity contribution in [3.8, 4) is 11.5 Å². The van der Waals surface area contributed by atoms with E-state index in [1.165, 1.54) is 5.39 Å². The Kier molecular flexibility index (Phi) is 5.33. The molecule has 1 heterocycles. The first-order valence-corrected chi connectivity index (χ1v) is 9.45. The monoisotopic (exact) mass is 390 g/mol. The Bertz CT molecular complexity index is 1080. The lowest BCUT2D eigenvalue weighted by molar-refractivity contribution is -0.126. The van der Waals surface area contributed by atoms with E-state index < -0.39 is 0 Å². The van der Waals surface area contributed by atoms with Crippen LogP contribution in [0, 0.1) is 0 Å². The minimum absolute atomic E-state index is 0.130. The summed E-state index contributed by atoms with van der Waals surface area (Å²) < 4.78 is 10.7. The summed E-state index contributed by atoms with van der Waals surface area (Å²) in [6.45, 7) is 3.83. The third kappa shape index (κ3) is 4.32. The smallest absolute Gasteiger partial charge is 0.261 e. The molecule has 0 bridgehead atoms. The maximum atomic E-state index is 12.2. The van der Waals surface area contributed by atoms with Crippen LogP contribution in [0.5, 0.6) is 11.5 Å². The molecule has 6 heteroatoms. The quantitative estimate of drug-likeness (QED) is 0.506. The van der Waals surface area contributed by atoms with Crippen molar-refractivity contribution in [1.29, 1.82) is 0 Å². The molecule has 29 heavy (non-hydrogen) atoms. The summed E-state index contributed by atoms with van der Waals surface area (Å²) in [7, 11) is 0. The number of benzene rings is 3. The topological polar surface area (TPSA) is 69.2 Å². The molecule has 0 spiro atoms. The number of carbonyl (C=O) groups excluding carboxylic acids is 1. The van der Waals surface area contributed by atoms with Gasteiger partial charge in [0.1, 0.15) is 0 Å². The zero-order valence-corrected chi connectivity index (χ0v) is 16.3. The predicted octanol–water partition coefficient (Wildman–Crippen LogP) is 4.19. The van der Waals surface area contributed by atoms with Gasteiger partial charge in [0.05, 0.1) is 11.8 Å². The zero-order valence-electron chi connectivity index (χ0n) is 16.3. The van der Waals surface area contributed by atoms with Crippen LogP contribution in [0.15, 0.2) is 65.8 Å². The Morgan fingerprint density at radius 3 is 2.72 bits per heavy atom. The van der Waals surface area contributed by atoms with Crippen molar-refractivity contribution in [3.05, 3.63) is 71.8 Å². The molecular weight excluding hydrogens is 368 g/mol. The average molecular weight is 390 g/mol. The van der Waals surface area contributed by atoms with E-state index in [9.17, 15) is 4.79 Å². The summed E-state index contributed by atoms with van der Waals surface area (Å²) in [6, 6.07) is 19.7. The number of amides is 1. The number of carbonyl (C=O) groups is 1. The van der Waals surface area contributed by atoms with Crippen LogP contribution in [0.2, 0.25) is 0 Å². The second-order valence-corrected chi connectivity index (χ2v) is 6.91. The molecule has 3 aromatic carbocycles. The second-order valence-electron chi connectivity index (χ2n) is 6.91. The summed E-state index contributed by atoms with van der Waals surface area (Å²) in [4.78, 5) is 17.5. The molecule has 6 nitrogen and oxygen atoms in total. The summed E-state index contributed by atoms with van der Waals surface area (Å²) in [5.41, 5.74) is 2.54. The number of fused-ring (bicyclic) bond motifs is 2. The fourth-order valence-corrected chi connectivity index (χ4v) is 3.21. The summed E-state index contributed by atoms with van der Waals surface area (Å²) in [5, 5.41) is 9.30. The van der Waals surface area contributed by atoms with Crippen LogP contribution >= 0.6 is 0 Å². The van der Waals surface area contributed by atoms with Crippen LogP contribution in [-0.4, -0.2) is 25.0 Å². The van der Waals surface area contributed by atoms with Crippen molar-refractivity contribution in [2.75, 3.05) is 13.4 Å². The highest BCUT2D eigenvalue weighted by Gasteiger charge is 2.14. The van der Waals surface area contributed by atoms with E-state index in [0.717, 1.165) is 16.5 Å². The van der Waals surface area contributed by atoms with Gasteiger partial charge in [0.15, 0.2) is 18.1 Å². The predicted molar refractivity (Wildman–Crippen MR) is 111 cm³/mol. The molecule has 0 saturated heterocycles. The maximum Gasteiger partial charge on any atom is 0.261 e. The summed E-state index contributed by atoms with van der Waals surface area (Å²) >= 11 is 0. The number of hydrogen-bond donors (Lipinski definition) is 1. The third-order valence-corrected chi connectivity index (χ3v) is 4.84. The number of rotatable bonds is 6. The van der Waals surface area contributed by atoms with E-state index >= 15 is 0 Å².